The van der Waals surface area contributed by atoms with Gasteiger partial charge in [0.05, 0.1) is 12.7 Å². The number of ether oxygens (including phenoxy) is 2. The Balaban J connectivity index is 1.42. The van der Waals surface area contributed by atoms with Crippen LogP contribution in [0.15, 0.2) is 64.0 Å². The lowest BCUT2D eigenvalue weighted by molar-refractivity contribution is -0.145. The summed E-state index contributed by atoms with van der Waals surface area (Å²) >= 11 is 0. The Morgan fingerprint density at radius 2 is 1.80 bits per heavy atom. The molecule has 0 saturated heterocycles. The maximum atomic E-state index is 12.5. The average Bonchev–Trinajstić information content (AvgIpc) is 3.30. The minimum Gasteiger partial charge on any atom is -0.496 e. The smallest absolute Gasteiger partial charge is 0.327 e. The molecule has 1 aromatic heterocycles. The predicted molar refractivity (Wildman–Crippen MR) is 103 cm³/mol. The van der Waals surface area contributed by atoms with E-state index in [9.17, 15) is 18.0 Å². The monoisotopic (exact) mass is 428 g/mol. The molecule has 1 aliphatic rings. The number of sulfonamides is 1. The van der Waals surface area contributed by atoms with Crippen LogP contribution in [-0.2, 0) is 26.2 Å². The Labute approximate surface area is 171 Å². The third-order valence-corrected chi connectivity index (χ3v) is 6.29. The second-order valence-corrected chi connectivity index (χ2v) is 8.18. The number of esters is 1. The number of carbonyl (C=O) groups is 2. The number of aromatic nitrogens is 1. The topological polar surface area (TPSA) is 116 Å². The summed E-state index contributed by atoms with van der Waals surface area (Å²) in [5.74, 6) is -0.801. The van der Waals surface area contributed by atoms with Gasteiger partial charge in [-0.3, -0.25) is 9.59 Å². The van der Waals surface area contributed by atoms with Crippen molar-refractivity contribution in [3.05, 3.63) is 65.9 Å². The summed E-state index contributed by atoms with van der Waals surface area (Å²) in [4.78, 5) is 24.4. The number of fused-ring (bicyclic) bond motifs is 1. The number of hydrogen-bond donors (Lipinski definition) is 0. The molecule has 10 heteroatoms. The number of benzene rings is 2. The van der Waals surface area contributed by atoms with Crippen molar-refractivity contribution in [3.63, 3.8) is 0 Å². The molecule has 4 rings (SSSR count). The first-order valence-electron chi connectivity index (χ1n) is 8.82. The van der Waals surface area contributed by atoms with Gasteiger partial charge in [0.25, 0.3) is 15.9 Å². The first-order chi connectivity index (χ1) is 14.4. The maximum Gasteiger partial charge on any atom is 0.327 e. The first kappa shape index (κ1) is 19.6. The van der Waals surface area contributed by atoms with Crippen LogP contribution in [0.3, 0.4) is 0 Å². The molecule has 3 aromatic rings. The van der Waals surface area contributed by atoms with E-state index in [1.165, 1.54) is 25.3 Å². The number of nitrogens with zero attached hydrogens (tertiary/aromatic N) is 2. The Morgan fingerprint density at radius 1 is 1.10 bits per heavy atom. The summed E-state index contributed by atoms with van der Waals surface area (Å²) in [6.07, 6.45) is 0. The molecule has 0 atom stereocenters. The van der Waals surface area contributed by atoms with Crippen molar-refractivity contribution >= 4 is 21.9 Å². The summed E-state index contributed by atoms with van der Waals surface area (Å²) in [5, 5.41) is 3.93. The van der Waals surface area contributed by atoms with Crippen LogP contribution >= 0.6 is 0 Å². The SMILES string of the molecule is COc1ccccc1-c1cc(COC(=O)CN2C(=O)c3ccccc3S2(=O)=O)on1. The Morgan fingerprint density at radius 3 is 2.53 bits per heavy atom. The van der Waals surface area contributed by atoms with E-state index in [1.807, 2.05) is 12.1 Å². The van der Waals surface area contributed by atoms with Crippen molar-refractivity contribution in [2.24, 2.45) is 0 Å². The van der Waals surface area contributed by atoms with Crippen molar-refractivity contribution < 1.29 is 32.0 Å². The lowest BCUT2D eigenvalue weighted by Crippen LogP contribution is -2.35. The number of methoxy groups -OCH3 is 1. The van der Waals surface area contributed by atoms with Crippen LogP contribution in [0, 0.1) is 0 Å². The molecule has 0 saturated carbocycles. The van der Waals surface area contributed by atoms with Gasteiger partial charge >= 0.3 is 5.97 Å². The van der Waals surface area contributed by atoms with Crippen molar-refractivity contribution in [2.75, 3.05) is 13.7 Å². The fourth-order valence-corrected chi connectivity index (χ4v) is 4.58. The Bertz CT molecular complexity index is 1230. The summed E-state index contributed by atoms with van der Waals surface area (Å²) in [7, 11) is -2.54. The minimum atomic E-state index is -4.08. The minimum absolute atomic E-state index is 0.0296. The van der Waals surface area contributed by atoms with Crippen molar-refractivity contribution in [3.8, 4) is 17.0 Å². The Kier molecular flexibility index (Phi) is 5.00. The number of amides is 1. The zero-order valence-corrected chi connectivity index (χ0v) is 16.6. The fraction of sp³-hybridized carbons (Fsp3) is 0.150. The Hall–Kier alpha value is -3.66. The molecule has 0 unspecified atom stereocenters. The summed E-state index contributed by atoms with van der Waals surface area (Å²) in [6, 6.07) is 14.6. The van der Waals surface area contributed by atoms with Gasteiger partial charge in [0.15, 0.2) is 12.4 Å². The molecular weight excluding hydrogens is 412 g/mol. The normalized spacial score (nSPS) is 14.4. The number of para-hydroxylation sites is 1. The number of hydrogen-bond acceptors (Lipinski definition) is 8. The van der Waals surface area contributed by atoms with Gasteiger partial charge in [-0.2, -0.15) is 0 Å². The van der Waals surface area contributed by atoms with Crippen molar-refractivity contribution in [1.29, 1.82) is 0 Å². The highest BCUT2D eigenvalue weighted by molar-refractivity contribution is 7.90. The molecule has 0 aliphatic carbocycles. The second kappa shape index (κ2) is 7.64. The third kappa shape index (κ3) is 3.41. The van der Waals surface area contributed by atoms with Crippen LogP contribution in [0.1, 0.15) is 16.1 Å². The molecule has 0 radical (unpaired) electrons. The van der Waals surface area contributed by atoms with Gasteiger partial charge in [-0.1, -0.05) is 29.4 Å². The summed E-state index contributed by atoms with van der Waals surface area (Å²) in [6.45, 7) is -1.00. The van der Waals surface area contributed by atoms with Crippen LogP contribution in [0.2, 0.25) is 0 Å². The zero-order chi connectivity index (χ0) is 21.3. The van der Waals surface area contributed by atoms with E-state index in [2.05, 4.69) is 5.16 Å². The molecule has 0 fully saturated rings. The molecular formula is C20H16N2O7S. The predicted octanol–water partition coefficient (Wildman–Crippen LogP) is 2.24. The molecule has 1 amide bonds. The zero-order valence-electron chi connectivity index (χ0n) is 15.8. The summed E-state index contributed by atoms with van der Waals surface area (Å²) < 4.78 is 41.0. The van der Waals surface area contributed by atoms with E-state index in [1.54, 1.807) is 24.3 Å². The molecule has 9 nitrogen and oxygen atoms in total. The average molecular weight is 428 g/mol. The van der Waals surface area contributed by atoms with Crippen LogP contribution in [0.5, 0.6) is 5.75 Å². The lowest BCUT2D eigenvalue weighted by Gasteiger charge is -2.13. The summed E-state index contributed by atoms with van der Waals surface area (Å²) in [5.41, 5.74) is 1.22. The third-order valence-electron chi connectivity index (χ3n) is 4.50. The van der Waals surface area contributed by atoms with E-state index >= 15 is 0 Å². The number of carbonyl (C=O) groups excluding carboxylic acids is 2. The highest BCUT2D eigenvalue weighted by atomic mass is 32.2. The fourth-order valence-electron chi connectivity index (χ4n) is 3.07. The molecule has 154 valence electrons. The molecule has 1 aliphatic heterocycles. The van der Waals surface area contributed by atoms with E-state index in [-0.39, 0.29) is 22.8 Å². The quantitative estimate of drug-likeness (QED) is 0.549. The van der Waals surface area contributed by atoms with Crippen LogP contribution in [0.25, 0.3) is 11.3 Å². The second-order valence-electron chi connectivity index (χ2n) is 6.35. The highest BCUT2D eigenvalue weighted by Gasteiger charge is 2.42. The van der Waals surface area contributed by atoms with Gasteiger partial charge in [-0.15, -0.1) is 0 Å². The van der Waals surface area contributed by atoms with E-state index in [0.29, 0.717) is 21.3 Å². The van der Waals surface area contributed by atoms with E-state index in [4.69, 9.17) is 14.0 Å². The maximum absolute atomic E-state index is 12.5. The van der Waals surface area contributed by atoms with E-state index < -0.39 is 28.4 Å². The van der Waals surface area contributed by atoms with Crippen molar-refractivity contribution in [2.45, 2.75) is 11.5 Å². The standard InChI is InChI=1S/C20H16N2O7S/c1-27-17-8-4-2-6-14(17)16-10-13(29-21-16)12-28-19(23)11-22-20(24)15-7-3-5-9-18(15)30(22,25)26/h2-10H,11-12H2,1H3. The molecule has 2 aromatic carbocycles. The van der Waals surface area contributed by atoms with Crippen molar-refractivity contribution in [1.82, 2.24) is 9.46 Å². The molecule has 30 heavy (non-hydrogen) atoms. The molecule has 0 bridgehead atoms. The van der Waals surface area contributed by atoms with Gasteiger partial charge in [-0.25, -0.2) is 12.7 Å². The van der Waals surface area contributed by atoms with Gasteiger partial charge in [0, 0.05) is 11.6 Å². The van der Waals surface area contributed by atoms with Gasteiger partial charge in [0.2, 0.25) is 0 Å². The molecule has 0 N–H and O–H groups in total. The van der Waals surface area contributed by atoms with Crippen LogP contribution < -0.4 is 4.74 Å². The molecule has 2 heterocycles. The van der Waals surface area contributed by atoms with Gasteiger partial charge < -0.3 is 14.0 Å². The first-order valence-corrected chi connectivity index (χ1v) is 10.3. The van der Waals surface area contributed by atoms with E-state index in [0.717, 1.165) is 0 Å². The van der Waals surface area contributed by atoms with Gasteiger partial charge in [-0.05, 0) is 24.3 Å². The number of rotatable bonds is 6. The van der Waals surface area contributed by atoms with Crippen LogP contribution in [0.4, 0.5) is 0 Å². The van der Waals surface area contributed by atoms with Gasteiger partial charge in [0.1, 0.15) is 22.9 Å². The molecule has 0 spiro atoms. The highest BCUT2D eigenvalue weighted by Crippen LogP contribution is 2.30. The lowest BCUT2D eigenvalue weighted by atomic mass is 10.1. The largest absolute Gasteiger partial charge is 0.496 e. The van der Waals surface area contributed by atoms with Crippen LogP contribution in [-0.4, -0.2) is 43.4 Å².